The van der Waals surface area contributed by atoms with Crippen molar-refractivity contribution in [3.05, 3.63) is 71.5 Å². The highest BCUT2D eigenvalue weighted by molar-refractivity contribution is 5.91. The van der Waals surface area contributed by atoms with Gasteiger partial charge in [0.2, 0.25) is 0 Å². The van der Waals surface area contributed by atoms with Crippen molar-refractivity contribution < 1.29 is 33.3 Å². The predicted molar refractivity (Wildman–Crippen MR) is 129 cm³/mol. The number of hydrogen-bond acceptors (Lipinski definition) is 5. The standard InChI is InChI=1S/C28H29FO6/c1-3-33-24-16-23(29)25(15-22(24)26(30)31)35-20-11-13-28(2,14-12-20)27(32)34-17-19-9-6-8-18-7-4-5-10-21(18)19/h4-10,15-16,20H,3,11-14,17H2,1-2H3,(H,30,31). The van der Waals surface area contributed by atoms with E-state index in [2.05, 4.69) is 0 Å². The van der Waals surface area contributed by atoms with Gasteiger partial charge >= 0.3 is 11.9 Å². The van der Waals surface area contributed by atoms with E-state index in [4.69, 9.17) is 14.2 Å². The van der Waals surface area contributed by atoms with Gasteiger partial charge in [-0.1, -0.05) is 42.5 Å². The van der Waals surface area contributed by atoms with Crippen LogP contribution < -0.4 is 9.47 Å². The highest BCUT2D eigenvalue weighted by Gasteiger charge is 2.40. The van der Waals surface area contributed by atoms with Gasteiger partial charge in [-0.3, -0.25) is 4.79 Å². The van der Waals surface area contributed by atoms with Gasteiger partial charge in [0.05, 0.1) is 18.1 Å². The van der Waals surface area contributed by atoms with Crippen LogP contribution in [0.3, 0.4) is 0 Å². The number of carboxylic acids is 1. The Kier molecular flexibility index (Phi) is 7.24. The lowest BCUT2D eigenvalue weighted by Gasteiger charge is -2.35. The molecule has 0 heterocycles. The van der Waals surface area contributed by atoms with Crippen LogP contribution in [-0.2, 0) is 16.1 Å². The molecule has 0 bridgehead atoms. The SMILES string of the molecule is CCOc1cc(F)c(OC2CCC(C)(C(=O)OCc3cccc4ccccc34)CC2)cc1C(=O)O. The van der Waals surface area contributed by atoms with Gasteiger partial charge in [-0.2, -0.15) is 0 Å². The van der Waals surface area contributed by atoms with Crippen molar-refractivity contribution in [2.75, 3.05) is 6.61 Å². The summed E-state index contributed by atoms with van der Waals surface area (Å²) < 4.78 is 31.3. The maximum Gasteiger partial charge on any atom is 0.339 e. The number of halogens is 1. The topological polar surface area (TPSA) is 82.1 Å². The highest BCUT2D eigenvalue weighted by Crippen LogP contribution is 2.39. The number of carboxylic acid groups (broad SMARTS) is 1. The van der Waals surface area contributed by atoms with E-state index in [0.29, 0.717) is 25.7 Å². The van der Waals surface area contributed by atoms with E-state index in [1.165, 1.54) is 0 Å². The minimum absolute atomic E-state index is 0.0324. The zero-order valence-corrected chi connectivity index (χ0v) is 19.9. The van der Waals surface area contributed by atoms with E-state index in [1.54, 1.807) is 6.92 Å². The Morgan fingerprint density at radius 1 is 1.06 bits per heavy atom. The highest BCUT2D eigenvalue weighted by atomic mass is 19.1. The van der Waals surface area contributed by atoms with Crippen molar-refractivity contribution in [3.8, 4) is 11.5 Å². The number of hydrogen-bond donors (Lipinski definition) is 1. The second-order valence-corrected chi connectivity index (χ2v) is 9.11. The Hall–Kier alpha value is -3.61. The van der Waals surface area contributed by atoms with Crippen LogP contribution in [0.15, 0.2) is 54.6 Å². The quantitative estimate of drug-likeness (QED) is 0.390. The van der Waals surface area contributed by atoms with E-state index in [9.17, 15) is 19.1 Å². The number of aromatic carboxylic acids is 1. The molecular weight excluding hydrogens is 451 g/mol. The molecule has 35 heavy (non-hydrogen) atoms. The van der Waals surface area contributed by atoms with Crippen LogP contribution in [0.2, 0.25) is 0 Å². The van der Waals surface area contributed by atoms with Gasteiger partial charge < -0.3 is 19.3 Å². The Bertz CT molecular complexity index is 1220. The summed E-state index contributed by atoms with van der Waals surface area (Å²) in [4.78, 5) is 24.5. The molecule has 4 rings (SSSR count). The molecule has 184 valence electrons. The van der Waals surface area contributed by atoms with E-state index < -0.39 is 17.2 Å². The molecule has 1 aliphatic rings. The smallest absolute Gasteiger partial charge is 0.339 e. The molecule has 3 aromatic rings. The third kappa shape index (κ3) is 5.39. The van der Waals surface area contributed by atoms with E-state index in [0.717, 1.165) is 28.5 Å². The van der Waals surface area contributed by atoms with Crippen LogP contribution >= 0.6 is 0 Å². The van der Waals surface area contributed by atoms with Gasteiger partial charge in [-0.05, 0) is 55.9 Å². The summed E-state index contributed by atoms with van der Waals surface area (Å²) in [5, 5.41) is 11.6. The minimum atomic E-state index is -1.22. The number of carbonyl (C=O) groups excluding carboxylic acids is 1. The lowest BCUT2D eigenvalue weighted by Crippen LogP contribution is -2.37. The van der Waals surface area contributed by atoms with Crippen molar-refractivity contribution >= 4 is 22.7 Å². The number of benzene rings is 3. The first-order valence-electron chi connectivity index (χ1n) is 11.8. The summed E-state index contributed by atoms with van der Waals surface area (Å²) in [6, 6.07) is 16.1. The fraction of sp³-hybridized carbons (Fsp3) is 0.357. The summed E-state index contributed by atoms with van der Waals surface area (Å²) >= 11 is 0. The number of rotatable bonds is 8. The maximum atomic E-state index is 14.6. The molecule has 1 saturated carbocycles. The second-order valence-electron chi connectivity index (χ2n) is 9.11. The Morgan fingerprint density at radius 2 is 1.77 bits per heavy atom. The molecule has 1 fully saturated rings. The van der Waals surface area contributed by atoms with Crippen LogP contribution in [-0.4, -0.2) is 29.8 Å². The van der Waals surface area contributed by atoms with Crippen molar-refractivity contribution in [3.63, 3.8) is 0 Å². The van der Waals surface area contributed by atoms with E-state index >= 15 is 0 Å². The molecule has 1 aliphatic carbocycles. The zero-order valence-electron chi connectivity index (χ0n) is 19.9. The van der Waals surface area contributed by atoms with Crippen molar-refractivity contribution in [2.45, 2.75) is 52.2 Å². The monoisotopic (exact) mass is 480 g/mol. The molecule has 0 radical (unpaired) electrons. The largest absolute Gasteiger partial charge is 0.493 e. The molecule has 7 heteroatoms. The van der Waals surface area contributed by atoms with Crippen LogP contribution in [0, 0.1) is 11.2 Å². The molecule has 3 aromatic carbocycles. The summed E-state index contributed by atoms with van der Waals surface area (Å²) in [5.74, 6) is -2.32. The first kappa shape index (κ1) is 24.5. The van der Waals surface area contributed by atoms with Gasteiger partial charge in [-0.25, -0.2) is 9.18 Å². The normalized spacial score (nSPS) is 19.8. The van der Waals surface area contributed by atoms with Crippen LogP contribution in [0.1, 0.15) is 55.5 Å². The lowest BCUT2D eigenvalue weighted by molar-refractivity contribution is -0.159. The Labute approximate surface area is 203 Å². The molecule has 0 saturated heterocycles. The number of esters is 1. The number of fused-ring (bicyclic) bond motifs is 1. The van der Waals surface area contributed by atoms with Crippen molar-refractivity contribution in [2.24, 2.45) is 5.41 Å². The third-order valence-corrected chi connectivity index (χ3v) is 6.63. The van der Waals surface area contributed by atoms with Crippen molar-refractivity contribution in [1.82, 2.24) is 0 Å². The molecule has 1 N–H and O–H groups in total. The average Bonchev–Trinajstić information content (AvgIpc) is 2.85. The molecular formula is C28H29FO6. The Morgan fingerprint density at radius 3 is 2.49 bits per heavy atom. The molecule has 6 nitrogen and oxygen atoms in total. The van der Waals surface area contributed by atoms with Crippen LogP contribution in [0.4, 0.5) is 4.39 Å². The van der Waals surface area contributed by atoms with Gasteiger partial charge in [0.1, 0.15) is 17.9 Å². The summed E-state index contributed by atoms with van der Waals surface area (Å²) in [6.07, 6.45) is 1.76. The summed E-state index contributed by atoms with van der Waals surface area (Å²) in [7, 11) is 0. The first-order valence-corrected chi connectivity index (χ1v) is 11.8. The molecule has 0 spiro atoms. The minimum Gasteiger partial charge on any atom is -0.493 e. The zero-order chi connectivity index (χ0) is 25.0. The fourth-order valence-corrected chi connectivity index (χ4v) is 4.53. The van der Waals surface area contributed by atoms with Gasteiger partial charge in [0.15, 0.2) is 11.6 Å². The summed E-state index contributed by atoms with van der Waals surface area (Å²) in [5.41, 5.74) is 0.145. The van der Waals surface area contributed by atoms with Crippen molar-refractivity contribution in [1.29, 1.82) is 0 Å². The lowest BCUT2D eigenvalue weighted by atomic mass is 9.74. The van der Waals surface area contributed by atoms with Gasteiger partial charge in [0.25, 0.3) is 0 Å². The molecule has 0 aromatic heterocycles. The van der Waals surface area contributed by atoms with Gasteiger partial charge in [-0.15, -0.1) is 0 Å². The number of carbonyl (C=O) groups is 2. The maximum absolute atomic E-state index is 14.6. The summed E-state index contributed by atoms with van der Waals surface area (Å²) in [6.45, 7) is 4.00. The molecule has 0 unspecified atom stereocenters. The van der Waals surface area contributed by atoms with Crippen LogP contribution in [0.25, 0.3) is 10.8 Å². The Balaban J connectivity index is 1.37. The molecule has 0 atom stereocenters. The fourth-order valence-electron chi connectivity index (χ4n) is 4.53. The molecule has 0 amide bonds. The van der Waals surface area contributed by atoms with E-state index in [-0.39, 0.29) is 42.3 Å². The predicted octanol–water partition coefficient (Wildman–Crippen LogP) is 6.15. The molecule has 0 aliphatic heterocycles. The van der Waals surface area contributed by atoms with Gasteiger partial charge in [0, 0.05) is 12.1 Å². The average molecular weight is 481 g/mol. The third-order valence-electron chi connectivity index (χ3n) is 6.63. The first-order chi connectivity index (χ1) is 16.8. The van der Waals surface area contributed by atoms with Crippen LogP contribution in [0.5, 0.6) is 11.5 Å². The van der Waals surface area contributed by atoms with E-state index in [1.807, 2.05) is 49.4 Å². The second kappa shape index (κ2) is 10.3. The number of ether oxygens (including phenoxy) is 3.